The highest BCUT2D eigenvalue weighted by Gasteiger charge is 2.37. The molecule has 36 heavy (non-hydrogen) atoms. The molecule has 4 N–H and O–H groups in total. The van der Waals surface area contributed by atoms with Crippen LogP contribution < -0.4 is 16.0 Å². The second-order valence-electron chi connectivity index (χ2n) is 9.01. The lowest BCUT2D eigenvalue weighted by molar-refractivity contribution is -0.138. The SMILES string of the molecule is CN(C)C(=O)[C@H]1CC[C@H](NC(=O)c2cc3cc(Cl)ccc3[nH]2)[C@H](NC(=O)C(=O)Nc2ccncc2)C1. The molecule has 1 aliphatic rings. The Labute approximate surface area is 212 Å². The van der Waals surface area contributed by atoms with Gasteiger partial charge in [0, 0.05) is 60.1 Å². The van der Waals surface area contributed by atoms with Crippen molar-refractivity contribution in [3.05, 3.63) is 59.5 Å². The van der Waals surface area contributed by atoms with Gasteiger partial charge in [0.25, 0.3) is 5.91 Å². The Balaban J connectivity index is 1.48. The minimum Gasteiger partial charge on any atom is -0.351 e. The van der Waals surface area contributed by atoms with Gasteiger partial charge in [-0.1, -0.05) is 11.6 Å². The van der Waals surface area contributed by atoms with Gasteiger partial charge in [-0.05, 0) is 55.7 Å². The lowest BCUT2D eigenvalue weighted by atomic mass is 9.81. The molecule has 3 aromatic rings. The molecule has 1 saturated carbocycles. The van der Waals surface area contributed by atoms with Crippen molar-refractivity contribution in [1.29, 1.82) is 0 Å². The Morgan fingerprint density at radius 1 is 0.972 bits per heavy atom. The number of nitrogens with one attached hydrogen (secondary N) is 4. The van der Waals surface area contributed by atoms with E-state index in [2.05, 4.69) is 25.9 Å². The number of halogens is 1. The number of carbonyl (C=O) groups is 4. The van der Waals surface area contributed by atoms with Crippen molar-refractivity contribution in [2.24, 2.45) is 5.92 Å². The van der Waals surface area contributed by atoms with Crippen molar-refractivity contribution < 1.29 is 19.2 Å². The van der Waals surface area contributed by atoms with Gasteiger partial charge in [-0.3, -0.25) is 24.2 Å². The molecule has 2 heterocycles. The average Bonchev–Trinajstić information content (AvgIpc) is 3.28. The molecular weight excluding hydrogens is 484 g/mol. The smallest absolute Gasteiger partial charge is 0.313 e. The van der Waals surface area contributed by atoms with Crippen molar-refractivity contribution in [3.63, 3.8) is 0 Å². The molecule has 10 nitrogen and oxygen atoms in total. The summed E-state index contributed by atoms with van der Waals surface area (Å²) in [5.74, 6) is -2.45. The zero-order valence-electron chi connectivity index (χ0n) is 19.9. The first-order valence-corrected chi connectivity index (χ1v) is 11.9. The molecule has 1 fully saturated rings. The normalized spacial score (nSPS) is 19.4. The molecule has 1 aromatic carbocycles. The van der Waals surface area contributed by atoms with Crippen LogP contribution in [0, 0.1) is 5.92 Å². The molecule has 0 radical (unpaired) electrons. The van der Waals surface area contributed by atoms with Crippen molar-refractivity contribution in [1.82, 2.24) is 25.5 Å². The minimum atomic E-state index is -0.853. The second-order valence-corrected chi connectivity index (χ2v) is 9.44. The fraction of sp³-hybridized carbons (Fsp3) is 0.320. The van der Waals surface area contributed by atoms with Gasteiger partial charge in [0.15, 0.2) is 0 Å². The standard InChI is InChI=1S/C25H27ClN6O4/c1-32(2)25(36)14-3-5-19(30-22(33)21-13-15-11-16(26)4-6-18(15)29-21)20(12-14)31-24(35)23(34)28-17-7-9-27-10-8-17/h4,6-11,13-14,19-20,29H,3,5,12H2,1-2H3,(H,30,33)(H,31,35)(H,27,28,34)/t14-,19-,20+/m0/s1. The molecule has 4 rings (SSSR count). The molecule has 1 aliphatic carbocycles. The van der Waals surface area contributed by atoms with Gasteiger partial charge in [-0.15, -0.1) is 0 Å². The van der Waals surface area contributed by atoms with E-state index in [4.69, 9.17) is 11.6 Å². The van der Waals surface area contributed by atoms with Crippen LogP contribution in [0.1, 0.15) is 29.8 Å². The summed E-state index contributed by atoms with van der Waals surface area (Å²) in [7, 11) is 3.35. The Hall–Kier alpha value is -3.92. The number of pyridine rings is 1. The highest BCUT2D eigenvalue weighted by molar-refractivity contribution is 6.39. The summed E-state index contributed by atoms with van der Waals surface area (Å²) in [6, 6.07) is 9.01. The summed E-state index contributed by atoms with van der Waals surface area (Å²) in [4.78, 5) is 59.3. The van der Waals surface area contributed by atoms with E-state index in [0.717, 1.165) is 10.9 Å². The predicted octanol–water partition coefficient (Wildman–Crippen LogP) is 2.33. The molecule has 4 amide bonds. The monoisotopic (exact) mass is 510 g/mol. The molecule has 0 bridgehead atoms. The van der Waals surface area contributed by atoms with Crippen LogP contribution in [0.3, 0.4) is 0 Å². The number of rotatable bonds is 5. The number of H-pyrrole nitrogens is 1. The van der Waals surface area contributed by atoms with E-state index in [-0.39, 0.29) is 17.7 Å². The minimum absolute atomic E-state index is 0.0623. The first kappa shape index (κ1) is 25.2. The number of amides is 4. The third-order valence-electron chi connectivity index (χ3n) is 6.25. The quantitative estimate of drug-likeness (QED) is 0.390. The van der Waals surface area contributed by atoms with E-state index in [1.54, 1.807) is 50.5 Å². The van der Waals surface area contributed by atoms with Crippen LogP contribution in [0.5, 0.6) is 0 Å². The van der Waals surface area contributed by atoms with Gasteiger partial charge in [0.1, 0.15) is 5.69 Å². The van der Waals surface area contributed by atoms with E-state index in [0.29, 0.717) is 35.7 Å². The molecular formula is C25H27ClN6O4. The van der Waals surface area contributed by atoms with Crippen LogP contribution in [0.2, 0.25) is 5.02 Å². The number of hydrogen-bond donors (Lipinski definition) is 4. The first-order chi connectivity index (χ1) is 17.2. The molecule has 2 aromatic heterocycles. The summed E-state index contributed by atoms with van der Waals surface area (Å²) in [5.41, 5.74) is 1.54. The van der Waals surface area contributed by atoms with Crippen molar-refractivity contribution in [3.8, 4) is 0 Å². The highest BCUT2D eigenvalue weighted by atomic mass is 35.5. The number of carbonyl (C=O) groups excluding carboxylic acids is 4. The summed E-state index contributed by atoms with van der Waals surface area (Å²) in [6.07, 6.45) is 4.28. The lowest BCUT2D eigenvalue weighted by Crippen LogP contribution is -2.57. The van der Waals surface area contributed by atoms with Crippen molar-refractivity contribution in [2.75, 3.05) is 19.4 Å². The third-order valence-corrected chi connectivity index (χ3v) is 6.48. The molecule has 0 aliphatic heterocycles. The largest absolute Gasteiger partial charge is 0.351 e. The highest BCUT2D eigenvalue weighted by Crippen LogP contribution is 2.27. The Morgan fingerprint density at radius 2 is 1.72 bits per heavy atom. The van der Waals surface area contributed by atoms with Crippen LogP contribution in [0.15, 0.2) is 48.8 Å². The first-order valence-electron chi connectivity index (χ1n) is 11.5. The Bertz CT molecular complexity index is 1290. The molecule has 11 heteroatoms. The van der Waals surface area contributed by atoms with Crippen LogP contribution in [0.25, 0.3) is 10.9 Å². The second kappa shape index (κ2) is 10.8. The molecule has 3 atom stereocenters. The fourth-order valence-electron chi connectivity index (χ4n) is 4.42. The van der Waals surface area contributed by atoms with E-state index in [9.17, 15) is 19.2 Å². The summed E-state index contributed by atoms with van der Waals surface area (Å²) < 4.78 is 0. The summed E-state index contributed by atoms with van der Waals surface area (Å²) in [5, 5.41) is 9.56. The lowest BCUT2D eigenvalue weighted by Gasteiger charge is -2.37. The van der Waals surface area contributed by atoms with Crippen LogP contribution in [-0.4, -0.2) is 64.7 Å². The Morgan fingerprint density at radius 3 is 2.44 bits per heavy atom. The number of benzene rings is 1. The number of fused-ring (bicyclic) bond motifs is 1. The third kappa shape index (κ3) is 5.83. The van der Waals surface area contributed by atoms with Gasteiger partial charge >= 0.3 is 11.8 Å². The van der Waals surface area contributed by atoms with E-state index >= 15 is 0 Å². The van der Waals surface area contributed by atoms with Gasteiger partial charge in [-0.2, -0.15) is 0 Å². The number of nitrogens with zero attached hydrogens (tertiary/aromatic N) is 2. The van der Waals surface area contributed by atoms with Gasteiger partial charge in [-0.25, -0.2) is 0 Å². The molecule has 188 valence electrons. The van der Waals surface area contributed by atoms with Crippen LogP contribution >= 0.6 is 11.6 Å². The number of anilines is 1. The Kier molecular flexibility index (Phi) is 7.54. The maximum Gasteiger partial charge on any atom is 0.313 e. The van der Waals surface area contributed by atoms with Crippen LogP contribution in [-0.2, 0) is 14.4 Å². The van der Waals surface area contributed by atoms with Gasteiger partial charge < -0.3 is 25.8 Å². The number of aromatic amines is 1. The van der Waals surface area contributed by atoms with E-state index < -0.39 is 23.9 Å². The van der Waals surface area contributed by atoms with E-state index in [1.807, 2.05) is 0 Å². The zero-order chi connectivity index (χ0) is 25.8. The van der Waals surface area contributed by atoms with Crippen molar-refractivity contribution in [2.45, 2.75) is 31.3 Å². The topological polar surface area (TPSA) is 136 Å². The van der Waals surface area contributed by atoms with Gasteiger partial charge in [0.05, 0.1) is 6.04 Å². The maximum absolute atomic E-state index is 13.0. The maximum atomic E-state index is 13.0. The zero-order valence-corrected chi connectivity index (χ0v) is 20.6. The average molecular weight is 511 g/mol. The number of hydrogen-bond acceptors (Lipinski definition) is 5. The van der Waals surface area contributed by atoms with E-state index in [1.165, 1.54) is 17.3 Å². The van der Waals surface area contributed by atoms with Crippen LogP contribution in [0.4, 0.5) is 5.69 Å². The fourth-order valence-corrected chi connectivity index (χ4v) is 4.60. The predicted molar refractivity (Wildman–Crippen MR) is 135 cm³/mol. The molecule has 0 unspecified atom stereocenters. The molecule has 0 saturated heterocycles. The summed E-state index contributed by atoms with van der Waals surface area (Å²) >= 11 is 6.05. The summed E-state index contributed by atoms with van der Waals surface area (Å²) in [6.45, 7) is 0. The van der Waals surface area contributed by atoms with Crippen molar-refractivity contribution >= 4 is 51.8 Å². The molecule has 0 spiro atoms. The number of aromatic nitrogens is 2. The van der Waals surface area contributed by atoms with Gasteiger partial charge in [0.2, 0.25) is 5.91 Å².